The van der Waals surface area contributed by atoms with Crippen molar-refractivity contribution in [3.63, 3.8) is 0 Å². The Bertz CT molecular complexity index is 1190. The Labute approximate surface area is 220 Å². The van der Waals surface area contributed by atoms with E-state index in [9.17, 15) is 18.0 Å². The molecule has 1 N–H and O–H groups in total. The first-order chi connectivity index (χ1) is 16.6. The number of nitrogens with one attached hydrogen (secondary N) is 1. The van der Waals surface area contributed by atoms with E-state index in [2.05, 4.69) is 5.32 Å². The van der Waals surface area contributed by atoms with Crippen molar-refractivity contribution in [3.8, 4) is 0 Å². The fourth-order valence-corrected chi connectivity index (χ4v) is 5.06. The van der Waals surface area contributed by atoms with Gasteiger partial charge in [0.2, 0.25) is 21.8 Å². The molecule has 0 aliphatic heterocycles. The maximum atomic E-state index is 13.4. The van der Waals surface area contributed by atoms with Gasteiger partial charge in [-0.15, -0.1) is 0 Å². The number of rotatable bonds is 10. The second-order valence-electron chi connectivity index (χ2n) is 10.2. The van der Waals surface area contributed by atoms with Gasteiger partial charge in [-0.3, -0.25) is 13.9 Å². The second kappa shape index (κ2) is 12.1. The molecule has 0 aliphatic carbocycles. The molecular formula is C27H38ClN3O4S. The molecule has 2 rings (SSSR count). The molecule has 0 radical (unpaired) electrons. The number of amides is 2. The lowest BCUT2D eigenvalue weighted by molar-refractivity contribution is -0.141. The van der Waals surface area contributed by atoms with Crippen LogP contribution >= 0.6 is 11.6 Å². The molecule has 0 aromatic heterocycles. The summed E-state index contributed by atoms with van der Waals surface area (Å²) in [5.74, 6) is -0.456. The highest BCUT2D eigenvalue weighted by Crippen LogP contribution is 2.28. The molecule has 0 unspecified atom stereocenters. The van der Waals surface area contributed by atoms with Crippen molar-refractivity contribution >= 4 is 39.1 Å². The Morgan fingerprint density at radius 1 is 1.06 bits per heavy atom. The van der Waals surface area contributed by atoms with Gasteiger partial charge < -0.3 is 10.2 Å². The highest BCUT2D eigenvalue weighted by Gasteiger charge is 2.29. The Morgan fingerprint density at radius 3 is 2.28 bits per heavy atom. The highest BCUT2D eigenvalue weighted by atomic mass is 35.5. The zero-order chi connectivity index (χ0) is 27.3. The minimum atomic E-state index is -3.59. The van der Waals surface area contributed by atoms with E-state index < -0.39 is 21.6 Å². The van der Waals surface area contributed by atoms with Crippen LogP contribution in [0.15, 0.2) is 42.5 Å². The number of hydrogen-bond donors (Lipinski definition) is 1. The Balaban J connectivity index is 2.24. The van der Waals surface area contributed by atoms with Crippen molar-refractivity contribution in [1.82, 2.24) is 10.2 Å². The van der Waals surface area contributed by atoms with Crippen LogP contribution in [0.2, 0.25) is 5.02 Å². The van der Waals surface area contributed by atoms with E-state index in [4.69, 9.17) is 11.6 Å². The van der Waals surface area contributed by atoms with E-state index in [-0.39, 0.29) is 37.7 Å². The van der Waals surface area contributed by atoms with Gasteiger partial charge in [-0.05, 0) is 76.8 Å². The summed E-state index contributed by atoms with van der Waals surface area (Å²) in [6.45, 7) is 11.5. The fraction of sp³-hybridized carbons (Fsp3) is 0.481. The molecule has 0 saturated carbocycles. The Kier molecular flexibility index (Phi) is 9.97. The summed E-state index contributed by atoms with van der Waals surface area (Å²) in [5.41, 5.74) is 2.69. The normalized spacial score (nSPS) is 12.7. The fourth-order valence-electron chi connectivity index (χ4n) is 3.88. The molecule has 1 atom stereocenters. The summed E-state index contributed by atoms with van der Waals surface area (Å²) < 4.78 is 26.4. The SMILES string of the molecule is Cc1ccccc1CN(C(=O)CCCN(c1cccc(Cl)c1C)S(C)(=O)=O)[C@H](C)C(=O)NC(C)(C)C. The first kappa shape index (κ1) is 29.6. The van der Waals surface area contributed by atoms with Crippen molar-refractivity contribution in [2.24, 2.45) is 0 Å². The molecule has 0 bridgehead atoms. The second-order valence-corrected chi connectivity index (χ2v) is 12.5. The van der Waals surface area contributed by atoms with Crippen LogP contribution in [0.4, 0.5) is 5.69 Å². The molecule has 2 aromatic carbocycles. The summed E-state index contributed by atoms with van der Waals surface area (Å²) in [6, 6.07) is 12.2. The van der Waals surface area contributed by atoms with Crippen LogP contribution in [0.1, 0.15) is 57.2 Å². The van der Waals surface area contributed by atoms with Crippen LogP contribution in [0.5, 0.6) is 0 Å². The Hall–Kier alpha value is -2.58. The quantitative estimate of drug-likeness (QED) is 0.472. The molecular weight excluding hydrogens is 498 g/mol. The molecule has 2 aromatic rings. The van der Waals surface area contributed by atoms with Gasteiger partial charge in [0.25, 0.3) is 0 Å². The molecule has 7 nitrogen and oxygen atoms in total. The van der Waals surface area contributed by atoms with Gasteiger partial charge in [-0.1, -0.05) is 41.9 Å². The predicted octanol–water partition coefficient (Wildman–Crippen LogP) is 4.84. The maximum Gasteiger partial charge on any atom is 0.242 e. The third kappa shape index (κ3) is 8.23. The first-order valence-electron chi connectivity index (χ1n) is 12.0. The van der Waals surface area contributed by atoms with Gasteiger partial charge in [-0.2, -0.15) is 0 Å². The highest BCUT2D eigenvalue weighted by molar-refractivity contribution is 7.92. The molecule has 0 aliphatic rings. The van der Waals surface area contributed by atoms with Gasteiger partial charge >= 0.3 is 0 Å². The Morgan fingerprint density at radius 2 is 1.69 bits per heavy atom. The largest absolute Gasteiger partial charge is 0.350 e. The van der Waals surface area contributed by atoms with Crippen LogP contribution in [0.25, 0.3) is 0 Å². The van der Waals surface area contributed by atoms with Crippen molar-refractivity contribution in [2.75, 3.05) is 17.1 Å². The van der Waals surface area contributed by atoms with Crippen molar-refractivity contribution < 1.29 is 18.0 Å². The molecule has 2 amide bonds. The van der Waals surface area contributed by atoms with Gasteiger partial charge in [0, 0.05) is 30.1 Å². The van der Waals surface area contributed by atoms with Gasteiger partial charge in [0.1, 0.15) is 6.04 Å². The number of anilines is 1. The van der Waals surface area contributed by atoms with Gasteiger partial charge in [0.05, 0.1) is 11.9 Å². The number of hydrogen-bond acceptors (Lipinski definition) is 4. The lowest BCUT2D eigenvalue weighted by Crippen LogP contribution is -2.52. The van der Waals surface area contributed by atoms with Crippen molar-refractivity contribution in [3.05, 3.63) is 64.2 Å². The summed E-state index contributed by atoms with van der Waals surface area (Å²) >= 11 is 6.21. The number of carbonyl (C=O) groups excluding carboxylic acids is 2. The third-order valence-corrected chi connectivity index (χ3v) is 7.52. The van der Waals surface area contributed by atoms with E-state index in [1.54, 1.807) is 36.9 Å². The molecule has 198 valence electrons. The number of benzene rings is 2. The summed E-state index contributed by atoms with van der Waals surface area (Å²) in [6.07, 6.45) is 1.51. The number of carbonyl (C=O) groups is 2. The standard InChI is InChI=1S/C27H38ClN3O4S/c1-19-12-8-9-13-22(19)18-30(21(3)26(33)29-27(4,5)6)25(32)16-11-17-31(36(7,34)35)24-15-10-14-23(28)20(24)2/h8-10,12-15,21H,11,16-18H2,1-7H3,(H,29,33)/t21-/m1/s1. The van der Waals surface area contributed by atoms with Crippen molar-refractivity contribution in [2.45, 2.75) is 72.5 Å². The first-order valence-corrected chi connectivity index (χ1v) is 14.2. The minimum absolute atomic E-state index is 0.0879. The lowest BCUT2D eigenvalue weighted by atomic mass is 10.1. The van der Waals surface area contributed by atoms with Crippen LogP contribution < -0.4 is 9.62 Å². The third-order valence-electron chi connectivity index (χ3n) is 5.93. The van der Waals surface area contributed by atoms with Crippen LogP contribution in [0.3, 0.4) is 0 Å². The van der Waals surface area contributed by atoms with Crippen LogP contribution in [-0.4, -0.2) is 49.5 Å². The van der Waals surface area contributed by atoms with Crippen molar-refractivity contribution in [1.29, 1.82) is 0 Å². The van der Waals surface area contributed by atoms with Gasteiger partial charge in [-0.25, -0.2) is 8.42 Å². The van der Waals surface area contributed by atoms with E-state index >= 15 is 0 Å². The minimum Gasteiger partial charge on any atom is -0.350 e. The zero-order valence-electron chi connectivity index (χ0n) is 22.3. The monoisotopic (exact) mass is 535 g/mol. The van der Waals surface area contributed by atoms with Gasteiger partial charge in [0.15, 0.2) is 0 Å². The summed E-state index contributed by atoms with van der Waals surface area (Å²) in [7, 11) is -3.59. The van der Waals surface area contributed by atoms with E-state index in [0.717, 1.165) is 17.4 Å². The average Bonchev–Trinajstić information content (AvgIpc) is 2.76. The summed E-state index contributed by atoms with van der Waals surface area (Å²) in [4.78, 5) is 27.9. The molecule has 0 saturated heterocycles. The zero-order valence-corrected chi connectivity index (χ0v) is 23.8. The van der Waals surface area contributed by atoms with E-state index in [0.29, 0.717) is 16.3 Å². The number of sulfonamides is 1. The smallest absolute Gasteiger partial charge is 0.242 e. The average molecular weight is 536 g/mol. The maximum absolute atomic E-state index is 13.4. The molecule has 0 fully saturated rings. The molecule has 9 heteroatoms. The molecule has 0 heterocycles. The van der Waals surface area contributed by atoms with Crippen LogP contribution in [-0.2, 0) is 26.2 Å². The van der Waals surface area contributed by atoms with E-state index in [1.807, 2.05) is 52.0 Å². The topological polar surface area (TPSA) is 86.8 Å². The summed E-state index contributed by atoms with van der Waals surface area (Å²) in [5, 5.41) is 3.42. The van der Waals surface area contributed by atoms with E-state index in [1.165, 1.54) is 4.31 Å². The number of aryl methyl sites for hydroxylation is 1. The predicted molar refractivity (Wildman–Crippen MR) is 147 cm³/mol. The van der Waals surface area contributed by atoms with Crippen LogP contribution in [0, 0.1) is 13.8 Å². The number of halogens is 1. The molecule has 0 spiro atoms. The number of nitrogens with zero attached hydrogens (tertiary/aromatic N) is 2. The lowest BCUT2D eigenvalue weighted by Gasteiger charge is -2.32. The molecule has 36 heavy (non-hydrogen) atoms.